The van der Waals surface area contributed by atoms with Gasteiger partial charge in [0.2, 0.25) is 5.91 Å². The van der Waals surface area contributed by atoms with Crippen LogP contribution in [0.25, 0.3) is 0 Å². The van der Waals surface area contributed by atoms with Crippen LogP contribution in [0, 0.1) is 16.0 Å². The summed E-state index contributed by atoms with van der Waals surface area (Å²) in [5, 5.41) is 20.7. The van der Waals surface area contributed by atoms with Crippen molar-refractivity contribution in [1.29, 1.82) is 0 Å². The number of aliphatic hydroxyl groups excluding tert-OH is 1. The van der Waals surface area contributed by atoms with Crippen molar-refractivity contribution in [3.63, 3.8) is 0 Å². The quantitative estimate of drug-likeness (QED) is 0.643. The van der Waals surface area contributed by atoms with Gasteiger partial charge in [-0.2, -0.15) is 0 Å². The number of amides is 1. The fraction of sp³-hybridized carbons (Fsp3) is 0.500. The maximum Gasteiger partial charge on any atom is 0.270 e. The largest absolute Gasteiger partial charge is 0.391 e. The van der Waals surface area contributed by atoms with Crippen molar-refractivity contribution in [3.05, 3.63) is 38.9 Å². The molecule has 21 heavy (non-hydrogen) atoms. The highest BCUT2D eigenvalue weighted by Crippen LogP contribution is 2.32. The van der Waals surface area contributed by atoms with Gasteiger partial charge in [0.25, 0.3) is 5.69 Å². The van der Waals surface area contributed by atoms with Crippen LogP contribution in [0.4, 0.5) is 5.69 Å². The Hall–Kier alpha value is -1.66. The first-order valence-corrected chi connectivity index (χ1v) is 7.11. The first-order valence-electron chi connectivity index (χ1n) is 6.73. The minimum Gasteiger partial charge on any atom is -0.391 e. The normalized spacial score (nSPS) is 15.6. The molecule has 1 atom stereocenters. The number of nitro benzene ring substituents is 1. The molecule has 0 radical (unpaired) electrons. The van der Waals surface area contributed by atoms with E-state index < -0.39 is 11.0 Å². The molecule has 0 aliphatic heterocycles. The van der Waals surface area contributed by atoms with Crippen molar-refractivity contribution in [2.24, 2.45) is 5.92 Å². The number of nitro groups is 1. The molecule has 0 bridgehead atoms. The van der Waals surface area contributed by atoms with Crippen LogP contribution in [0.15, 0.2) is 18.2 Å². The van der Waals surface area contributed by atoms with Crippen LogP contribution in [0.2, 0.25) is 5.02 Å². The lowest BCUT2D eigenvalue weighted by Crippen LogP contribution is -2.36. The zero-order chi connectivity index (χ0) is 15.6. The molecule has 0 aromatic heterocycles. The molecular formula is C14H17ClN2O4. The number of non-ortho nitro benzene ring substituents is 1. The maximum atomic E-state index is 12.1. The summed E-state index contributed by atoms with van der Waals surface area (Å²) in [7, 11) is 1.63. The molecular weight excluding hydrogens is 296 g/mol. The maximum absolute atomic E-state index is 12.1. The van der Waals surface area contributed by atoms with Crippen molar-refractivity contribution in [3.8, 4) is 0 Å². The molecule has 1 unspecified atom stereocenters. The summed E-state index contributed by atoms with van der Waals surface area (Å²) in [6.07, 6.45) is 1.60. The van der Waals surface area contributed by atoms with E-state index in [0.29, 0.717) is 18.0 Å². The average molecular weight is 313 g/mol. The molecule has 1 fully saturated rings. The number of benzene rings is 1. The molecule has 114 valence electrons. The third kappa shape index (κ3) is 4.15. The third-order valence-electron chi connectivity index (χ3n) is 3.64. The van der Waals surface area contributed by atoms with Gasteiger partial charge < -0.3 is 10.0 Å². The zero-order valence-electron chi connectivity index (χ0n) is 11.7. The summed E-state index contributed by atoms with van der Waals surface area (Å²) in [6, 6.07) is 4.06. The molecule has 1 saturated carbocycles. The van der Waals surface area contributed by atoms with Crippen LogP contribution >= 0.6 is 11.6 Å². The van der Waals surface area contributed by atoms with Gasteiger partial charge in [0, 0.05) is 25.7 Å². The van der Waals surface area contributed by atoms with Crippen molar-refractivity contribution in [2.75, 3.05) is 13.6 Å². The Morgan fingerprint density at radius 1 is 1.57 bits per heavy atom. The van der Waals surface area contributed by atoms with Gasteiger partial charge in [-0.15, -0.1) is 0 Å². The zero-order valence-corrected chi connectivity index (χ0v) is 12.4. The Morgan fingerprint density at radius 2 is 2.24 bits per heavy atom. The molecule has 7 heteroatoms. The summed E-state index contributed by atoms with van der Waals surface area (Å²) < 4.78 is 0. The Kier molecular flexibility index (Phi) is 4.80. The average Bonchev–Trinajstić information content (AvgIpc) is 3.24. The van der Waals surface area contributed by atoms with Crippen molar-refractivity contribution >= 4 is 23.2 Å². The molecule has 1 N–H and O–H groups in total. The number of likely N-dealkylation sites (N-methyl/N-ethyl adjacent to an activating group) is 1. The Morgan fingerprint density at radius 3 is 2.76 bits per heavy atom. The van der Waals surface area contributed by atoms with Crippen molar-refractivity contribution in [2.45, 2.75) is 25.4 Å². The standard InChI is InChI=1S/C14H17ClN2O4/c1-16(8-13(18)9-2-3-9)14(19)6-10-4-5-11(17(20)21)7-12(10)15/h4-5,7,9,13,18H,2-3,6,8H2,1H3. The number of hydrogen-bond acceptors (Lipinski definition) is 4. The Labute approximate surface area is 127 Å². The van der Waals surface area contributed by atoms with Crippen LogP contribution in [0.5, 0.6) is 0 Å². The second kappa shape index (κ2) is 6.41. The molecule has 0 saturated heterocycles. The van der Waals surface area contributed by atoms with Gasteiger partial charge in [-0.25, -0.2) is 0 Å². The number of nitrogens with zero attached hydrogens (tertiary/aromatic N) is 2. The highest BCUT2D eigenvalue weighted by Gasteiger charge is 2.31. The van der Waals surface area contributed by atoms with Gasteiger partial charge in [-0.3, -0.25) is 14.9 Å². The summed E-state index contributed by atoms with van der Waals surface area (Å²) in [6.45, 7) is 0.300. The minimum absolute atomic E-state index is 0.0602. The number of hydrogen-bond donors (Lipinski definition) is 1. The van der Waals surface area contributed by atoms with E-state index in [9.17, 15) is 20.0 Å². The first kappa shape index (κ1) is 15.7. The summed E-state index contributed by atoms with van der Waals surface area (Å²) in [5.74, 6) is 0.133. The summed E-state index contributed by atoms with van der Waals surface area (Å²) in [5.41, 5.74) is 0.439. The lowest BCUT2D eigenvalue weighted by molar-refractivity contribution is -0.384. The SMILES string of the molecule is CN(CC(O)C1CC1)C(=O)Cc1ccc([N+](=O)[O-])cc1Cl. The van der Waals surface area contributed by atoms with E-state index in [1.807, 2.05) is 0 Å². The molecule has 0 heterocycles. The number of halogens is 1. The van der Waals surface area contributed by atoms with E-state index in [0.717, 1.165) is 12.8 Å². The molecule has 1 aromatic rings. The second-order valence-electron chi connectivity index (χ2n) is 5.39. The van der Waals surface area contributed by atoms with Crippen molar-refractivity contribution < 1.29 is 14.8 Å². The molecule has 1 aliphatic carbocycles. The fourth-order valence-corrected chi connectivity index (χ4v) is 2.35. The summed E-state index contributed by atoms with van der Waals surface area (Å²) in [4.78, 5) is 23.7. The van der Waals surface area contributed by atoms with Crippen LogP contribution < -0.4 is 0 Å². The van der Waals surface area contributed by atoms with E-state index in [2.05, 4.69) is 0 Å². The topological polar surface area (TPSA) is 83.7 Å². The Balaban J connectivity index is 1.96. The fourth-order valence-electron chi connectivity index (χ4n) is 2.10. The minimum atomic E-state index is -0.532. The molecule has 1 amide bonds. The van der Waals surface area contributed by atoms with Gasteiger partial charge in [-0.05, 0) is 24.3 Å². The lowest BCUT2D eigenvalue weighted by atomic mass is 10.1. The van der Waals surface area contributed by atoms with Crippen molar-refractivity contribution in [1.82, 2.24) is 4.90 Å². The van der Waals surface area contributed by atoms with E-state index in [-0.39, 0.29) is 23.0 Å². The van der Waals surface area contributed by atoms with Gasteiger partial charge >= 0.3 is 0 Å². The highest BCUT2D eigenvalue weighted by atomic mass is 35.5. The molecule has 1 aromatic carbocycles. The predicted octanol–water partition coefficient (Wildman–Crippen LogP) is 2.02. The monoisotopic (exact) mass is 312 g/mol. The Bertz CT molecular complexity index is 560. The van der Waals surface area contributed by atoms with E-state index in [1.165, 1.54) is 23.1 Å². The number of carbonyl (C=O) groups is 1. The first-order chi connectivity index (χ1) is 9.88. The van der Waals surface area contributed by atoms with Gasteiger partial charge in [0.05, 0.1) is 22.5 Å². The van der Waals surface area contributed by atoms with Crippen LogP contribution in [-0.4, -0.2) is 40.5 Å². The third-order valence-corrected chi connectivity index (χ3v) is 3.99. The van der Waals surface area contributed by atoms with Gasteiger partial charge in [0.15, 0.2) is 0 Å². The molecule has 2 rings (SSSR count). The van der Waals surface area contributed by atoms with Gasteiger partial charge in [0.1, 0.15) is 0 Å². The molecule has 1 aliphatic rings. The highest BCUT2D eigenvalue weighted by molar-refractivity contribution is 6.31. The van der Waals surface area contributed by atoms with Crippen LogP contribution in [0.1, 0.15) is 18.4 Å². The number of aliphatic hydroxyl groups is 1. The lowest BCUT2D eigenvalue weighted by Gasteiger charge is -2.21. The van der Waals surface area contributed by atoms with E-state index >= 15 is 0 Å². The second-order valence-corrected chi connectivity index (χ2v) is 5.80. The van der Waals surface area contributed by atoms with Crippen LogP contribution in [0.3, 0.4) is 0 Å². The molecule has 0 spiro atoms. The number of carbonyl (C=O) groups excluding carboxylic acids is 1. The predicted molar refractivity (Wildman–Crippen MR) is 78.2 cm³/mol. The van der Waals surface area contributed by atoms with E-state index in [1.54, 1.807) is 7.05 Å². The number of rotatable bonds is 6. The molecule has 6 nitrogen and oxygen atoms in total. The van der Waals surface area contributed by atoms with Crippen LogP contribution in [-0.2, 0) is 11.2 Å². The van der Waals surface area contributed by atoms with Gasteiger partial charge in [-0.1, -0.05) is 17.7 Å². The summed E-state index contributed by atoms with van der Waals surface area (Å²) >= 11 is 5.96. The smallest absolute Gasteiger partial charge is 0.270 e. The van der Waals surface area contributed by atoms with E-state index in [4.69, 9.17) is 11.6 Å².